The molecule has 0 radical (unpaired) electrons. The molecule has 0 spiro atoms. The van der Waals surface area contributed by atoms with Gasteiger partial charge in [0.25, 0.3) is 0 Å². The Bertz CT molecular complexity index is 174. The largest absolute Gasteiger partial charge is 0.381 e. The fourth-order valence-electron chi connectivity index (χ4n) is 1.12. The van der Waals surface area contributed by atoms with Crippen molar-refractivity contribution in [3.63, 3.8) is 0 Å². The molecule has 0 aromatic carbocycles. The molecule has 13 heavy (non-hydrogen) atoms. The molecule has 0 aromatic heterocycles. The number of hydrogen-bond donors (Lipinski definition) is 0. The summed E-state index contributed by atoms with van der Waals surface area (Å²) in [6, 6.07) is 1.29. The quantitative estimate of drug-likeness (QED) is 0.515. The molecule has 0 aromatic rings. The molecule has 0 amide bonds. The van der Waals surface area contributed by atoms with Gasteiger partial charge in [0.05, 0.1) is 6.61 Å². The van der Waals surface area contributed by atoms with E-state index in [0.29, 0.717) is 5.92 Å². The molecule has 3 heteroatoms. The molecule has 1 atom stereocenters. The molecule has 0 fully saturated rings. The van der Waals surface area contributed by atoms with E-state index in [1.165, 1.54) is 11.8 Å². The minimum atomic E-state index is -0.882. The van der Waals surface area contributed by atoms with Gasteiger partial charge >= 0.3 is 0 Å². The normalized spacial score (nSPS) is 22.5. The Kier molecular flexibility index (Phi) is 4.56. The molecule has 1 nitrogen and oxygen atoms in total. The molecule has 0 saturated carbocycles. The average molecular weight is 216 g/mol. The van der Waals surface area contributed by atoms with Crippen LogP contribution < -0.4 is 0 Å². The van der Waals surface area contributed by atoms with Crippen LogP contribution in [0.5, 0.6) is 0 Å². The van der Waals surface area contributed by atoms with Crippen molar-refractivity contribution >= 4 is 19.8 Å². The Labute approximate surface area is 86.9 Å². The maximum atomic E-state index is 5.66. The van der Waals surface area contributed by atoms with Gasteiger partial charge in [-0.15, -0.1) is 11.8 Å². The van der Waals surface area contributed by atoms with E-state index in [1.54, 1.807) is 0 Å². The minimum absolute atomic E-state index is 0.673. The van der Waals surface area contributed by atoms with Crippen LogP contribution in [0.15, 0.2) is 11.5 Å². The van der Waals surface area contributed by atoms with E-state index in [9.17, 15) is 0 Å². The molecule has 1 aliphatic rings. The summed E-state index contributed by atoms with van der Waals surface area (Å²) >= 11 is 1.89. The van der Waals surface area contributed by atoms with Crippen LogP contribution in [0.1, 0.15) is 0 Å². The van der Waals surface area contributed by atoms with Gasteiger partial charge in [-0.25, -0.2) is 0 Å². The first kappa shape index (κ1) is 11.3. The molecule has 0 bridgehead atoms. The molecule has 0 N–H and O–H groups in total. The van der Waals surface area contributed by atoms with Gasteiger partial charge in [-0.2, -0.15) is 0 Å². The van der Waals surface area contributed by atoms with E-state index in [0.717, 1.165) is 13.2 Å². The predicted octanol–water partition coefficient (Wildman–Crippen LogP) is 3.22. The summed E-state index contributed by atoms with van der Waals surface area (Å²) in [4.78, 5) is 0. The fraction of sp³-hybridized carbons (Fsp3) is 0.800. The second-order valence-electron chi connectivity index (χ2n) is 4.81. The Balaban J connectivity index is 1.98. The van der Waals surface area contributed by atoms with E-state index in [-0.39, 0.29) is 0 Å². The van der Waals surface area contributed by atoms with Crippen molar-refractivity contribution in [2.24, 2.45) is 5.92 Å². The summed E-state index contributed by atoms with van der Waals surface area (Å²) in [6.45, 7) is 9.06. The van der Waals surface area contributed by atoms with Gasteiger partial charge in [-0.3, -0.25) is 0 Å². The van der Waals surface area contributed by atoms with Gasteiger partial charge < -0.3 is 4.74 Å². The zero-order chi connectivity index (χ0) is 9.73. The zero-order valence-corrected chi connectivity index (χ0v) is 10.7. The van der Waals surface area contributed by atoms with Crippen LogP contribution in [0, 0.1) is 5.92 Å². The van der Waals surface area contributed by atoms with E-state index < -0.39 is 8.07 Å². The maximum absolute atomic E-state index is 5.66. The second-order valence-corrected chi connectivity index (χ2v) is 11.4. The van der Waals surface area contributed by atoms with E-state index in [1.807, 2.05) is 11.8 Å². The van der Waals surface area contributed by atoms with Gasteiger partial charge in [0.2, 0.25) is 0 Å². The van der Waals surface area contributed by atoms with E-state index in [4.69, 9.17) is 4.74 Å². The SMILES string of the molecule is C[Si](C)(C)CCOCC1C=CSC1. The highest BCUT2D eigenvalue weighted by molar-refractivity contribution is 8.02. The number of ether oxygens (including phenoxy) is 1. The van der Waals surface area contributed by atoms with Gasteiger partial charge in [-0.05, 0) is 11.5 Å². The fourth-order valence-corrected chi connectivity index (χ4v) is 2.77. The molecule has 1 aliphatic heterocycles. The standard InChI is InChI=1S/C10H20OSSi/c1-13(2,3)7-5-11-8-10-4-6-12-9-10/h4,6,10H,5,7-9H2,1-3H3. The molecular formula is C10H20OSSi. The lowest BCUT2D eigenvalue weighted by Crippen LogP contribution is -2.22. The Hall–Kier alpha value is 0.267. The molecule has 76 valence electrons. The van der Waals surface area contributed by atoms with Gasteiger partial charge in [0.1, 0.15) is 0 Å². The first-order valence-corrected chi connectivity index (χ1v) is 9.69. The van der Waals surface area contributed by atoms with Crippen LogP contribution in [-0.2, 0) is 4.74 Å². The molecule has 1 heterocycles. The second kappa shape index (κ2) is 5.22. The van der Waals surface area contributed by atoms with Crippen LogP contribution in [0.4, 0.5) is 0 Å². The number of thioether (sulfide) groups is 1. The third kappa shape index (κ3) is 5.55. The van der Waals surface area contributed by atoms with Gasteiger partial charge in [-0.1, -0.05) is 25.7 Å². The highest BCUT2D eigenvalue weighted by atomic mass is 32.2. The third-order valence-electron chi connectivity index (χ3n) is 2.09. The first-order chi connectivity index (χ1) is 6.08. The van der Waals surface area contributed by atoms with Crippen LogP contribution in [-0.4, -0.2) is 27.0 Å². The molecule has 0 aliphatic carbocycles. The van der Waals surface area contributed by atoms with Gasteiger partial charge in [0, 0.05) is 26.4 Å². The van der Waals surface area contributed by atoms with Crippen molar-refractivity contribution in [1.82, 2.24) is 0 Å². The number of rotatable bonds is 5. The molecule has 1 rings (SSSR count). The Morgan fingerprint density at radius 2 is 2.23 bits per heavy atom. The smallest absolute Gasteiger partial charge is 0.0536 e. The maximum Gasteiger partial charge on any atom is 0.0536 e. The van der Waals surface area contributed by atoms with E-state index in [2.05, 4.69) is 31.1 Å². The van der Waals surface area contributed by atoms with Crippen LogP contribution in [0.25, 0.3) is 0 Å². The summed E-state index contributed by atoms with van der Waals surface area (Å²) < 4.78 is 5.66. The van der Waals surface area contributed by atoms with Gasteiger partial charge in [0.15, 0.2) is 0 Å². The summed E-state index contributed by atoms with van der Waals surface area (Å²) in [5.74, 6) is 1.89. The Morgan fingerprint density at radius 3 is 2.77 bits per heavy atom. The van der Waals surface area contributed by atoms with Crippen molar-refractivity contribution < 1.29 is 4.74 Å². The highest BCUT2D eigenvalue weighted by Gasteiger charge is 2.13. The molecular weight excluding hydrogens is 196 g/mol. The topological polar surface area (TPSA) is 9.23 Å². The van der Waals surface area contributed by atoms with Crippen LogP contribution >= 0.6 is 11.8 Å². The van der Waals surface area contributed by atoms with Crippen LogP contribution in [0.2, 0.25) is 25.7 Å². The average Bonchev–Trinajstić information content (AvgIpc) is 2.48. The summed E-state index contributed by atoms with van der Waals surface area (Å²) in [7, 11) is -0.882. The molecule has 1 unspecified atom stereocenters. The monoisotopic (exact) mass is 216 g/mol. The Morgan fingerprint density at radius 1 is 1.46 bits per heavy atom. The van der Waals surface area contributed by atoms with Crippen molar-refractivity contribution in [2.45, 2.75) is 25.7 Å². The first-order valence-electron chi connectivity index (χ1n) is 4.94. The summed E-state index contributed by atoms with van der Waals surface area (Å²) in [5.41, 5.74) is 0. The van der Waals surface area contributed by atoms with Crippen molar-refractivity contribution in [1.29, 1.82) is 0 Å². The third-order valence-corrected chi connectivity index (χ3v) is 4.76. The van der Waals surface area contributed by atoms with Crippen molar-refractivity contribution in [2.75, 3.05) is 19.0 Å². The van der Waals surface area contributed by atoms with Crippen LogP contribution in [0.3, 0.4) is 0 Å². The van der Waals surface area contributed by atoms with E-state index >= 15 is 0 Å². The zero-order valence-electron chi connectivity index (χ0n) is 8.88. The minimum Gasteiger partial charge on any atom is -0.381 e. The lowest BCUT2D eigenvalue weighted by atomic mass is 10.2. The highest BCUT2D eigenvalue weighted by Crippen LogP contribution is 2.20. The van der Waals surface area contributed by atoms with Crippen molar-refractivity contribution in [3.05, 3.63) is 11.5 Å². The molecule has 0 saturated heterocycles. The van der Waals surface area contributed by atoms with Crippen molar-refractivity contribution in [3.8, 4) is 0 Å². The summed E-state index contributed by atoms with van der Waals surface area (Å²) in [5, 5.41) is 2.19. The number of hydrogen-bond acceptors (Lipinski definition) is 2. The lowest BCUT2D eigenvalue weighted by molar-refractivity contribution is 0.130. The predicted molar refractivity (Wildman–Crippen MR) is 64.1 cm³/mol. The lowest BCUT2D eigenvalue weighted by Gasteiger charge is -2.16. The summed E-state index contributed by atoms with van der Waals surface area (Å²) in [6.07, 6.45) is 2.26.